The van der Waals surface area contributed by atoms with Gasteiger partial charge in [-0.15, -0.1) is 5.10 Å². The Bertz CT molecular complexity index is 1200. The monoisotopic (exact) mass is 395 g/mol. The van der Waals surface area contributed by atoms with E-state index < -0.39 is 20.0 Å². The van der Waals surface area contributed by atoms with E-state index in [0.717, 1.165) is 11.8 Å². The Hall–Kier alpha value is -2.50. The quantitative estimate of drug-likeness (QED) is 0.664. The van der Waals surface area contributed by atoms with Crippen molar-refractivity contribution in [1.29, 1.82) is 0 Å². The van der Waals surface area contributed by atoms with E-state index in [-0.39, 0.29) is 5.16 Å². The number of para-hydroxylation sites is 1. The van der Waals surface area contributed by atoms with Crippen molar-refractivity contribution in [2.24, 2.45) is 0 Å². The van der Waals surface area contributed by atoms with Gasteiger partial charge in [0.05, 0.1) is 29.4 Å². The van der Waals surface area contributed by atoms with Crippen LogP contribution in [0, 0.1) is 6.92 Å². The number of aryl methyl sites for hydroxylation is 1. The molecule has 0 aliphatic carbocycles. The Morgan fingerprint density at radius 3 is 2.46 bits per heavy atom. The number of hydrogen-bond donors (Lipinski definition) is 2. The second kappa shape index (κ2) is 6.34. The molecule has 3 rings (SSSR count). The summed E-state index contributed by atoms with van der Waals surface area (Å²) in [4.78, 5) is 3.89. The lowest BCUT2D eigenvalue weighted by molar-refractivity contribution is 0.573. The Kier molecular flexibility index (Phi) is 4.46. The number of hydrogen-bond acceptors (Lipinski definition) is 6. The average molecular weight is 395 g/mol. The summed E-state index contributed by atoms with van der Waals surface area (Å²) in [5, 5.41) is 3.75. The molecule has 0 spiro atoms. The van der Waals surface area contributed by atoms with Gasteiger partial charge >= 0.3 is 0 Å². The van der Waals surface area contributed by atoms with E-state index in [1.54, 1.807) is 30.3 Å². The average Bonchev–Trinajstić information content (AvgIpc) is 2.89. The zero-order valence-electron chi connectivity index (χ0n) is 14.3. The maximum absolute atomic E-state index is 12.0. The molecule has 26 heavy (non-hydrogen) atoms. The zero-order chi connectivity index (χ0) is 19.1. The van der Waals surface area contributed by atoms with E-state index in [2.05, 4.69) is 19.5 Å². The fourth-order valence-electron chi connectivity index (χ4n) is 2.60. The molecule has 0 saturated carbocycles. The zero-order valence-corrected chi connectivity index (χ0v) is 15.9. The van der Waals surface area contributed by atoms with Crippen molar-refractivity contribution in [2.75, 3.05) is 18.0 Å². The predicted octanol–water partition coefficient (Wildman–Crippen LogP) is 0.984. The van der Waals surface area contributed by atoms with Crippen LogP contribution in [-0.2, 0) is 20.0 Å². The van der Waals surface area contributed by atoms with E-state index >= 15 is 0 Å². The van der Waals surface area contributed by atoms with Gasteiger partial charge in [0, 0.05) is 5.56 Å². The number of nitrogens with one attached hydrogen (secondary N) is 2. The van der Waals surface area contributed by atoms with Crippen molar-refractivity contribution in [3.63, 3.8) is 0 Å². The molecule has 2 aromatic heterocycles. The number of anilines is 1. The highest BCUT2D eigenvalue weighted by Crippen LogP contribution is 2.32. The molecule has 0 aliphatic heterocycles. The fourth-order valence-corrected chi connectivity index (χ4v) is 3.74. The van der Waals surface area contributed by atoms with Crippen LogP contribution < -0.4 is 9.44 Å². The summed E-state index contributed by atoms with van der Waals surface area (Å²) >= 11 is 0. The molecule has 9 nitrogen and oxygen atoms in total. The maximum atomic E-state index is 12.0. The molecule has 2 heterocycles. The smallest absolute Gasteiger partial charge is 0.281 e. The van der Waals surface area contributed by atoms with Gasteiger partial charge in [0.25, 0.3) is 15.2 Å². The Labute approximate surface area is 151 Å². The van der Waals surface area contributed by atoms with E-state index in [1.165, 1.54) is 17.8 Å². The minimum Gasteiger partial charge on any atom is -0.283 e. The highest BCUT2D eigenvalue weighted by atomic mass is 32.2. The number of rotatable bonds is 5. The molecule has 138 valence electrons. The summed E-state index contributed by atoms with van der Waals surface area (Å²) in [6.07, 6.45) is 2.47. The minimum absolute atomic E-state index is 0.370. The third-order valence-corrected chi connectivity index (χ3v) is 5.47. The van der Waals surface area contributed by atoms with Crippen LogP contribution in [0.3, 0.4) is 0 Å². The number of nitrogens with zero attached hydrogens (tertiary/aromatic N) is 3. The SMILES string of the molecule is CNS(=O)(=O)c1ncc2cc(C)c(-c3ccccc3NS(C)(=O)=O)n2n1. The fraction of sp³-hybridized carbons (Fsp3) is 0.200. The molecule has 2 N–H and O–H groups in total. The van der Waals surface area contributed by atoms with Gasteiger partial charge < -0.3 is 0 Å². The first-order chi connectivity index (χ1) is 12.1. The van der Waals surface area contributed by atoms with Crippen molar-refractivity contribution in [1.82, 2.24) is 19.3 Å². The van der Waals surface area contributed by atoms with Gasteiger partial charge in [0.1, 0.15) is 0 Å². The van der Waals surface area contributed by atoms with Crippen LogP contribution in [0.1, 0.15) is 5.56 Å². The lowest BCUT2D eigenvalue weighted by atomic mass is 10.1. The van der Waals surface area contributed by atoms with Gasteiger partial charge in [-0.05, 0) is 31.7 Å². The normalized spacial score (nSPS) is 12.4. The van der Waals surface area contributed by atoms with Crippen molar-refractivity contribution in [2.45, 2.75) is 12.1 Å². The second-order valence-electron chi connectivity index (χ2n) is 5.68. The van der Waals surface area contributed by atoms with Crippen LogP contribution in [-0.4, -0.2) is 44.7 Å². The molecule has 3 aromatic rings. The standard InChI is InChI=1S/C15H17N5O4S2/c1-10-8-11-9-17-15(26(23,24)16-2)18-20(11)14(10)12-6-4-5-7-13(12)19-25(3,21)22/h4-9,16,19H,1-3H3. The molecule has 0 atom stereocenters. The van der Waals surface area contributed by atoms with Crippen LogP contribution in [0.5, 0.6) is 0 Å². The first kappa shape index (κ1) is 18.3. The van der Waals surface area contributed by atoms with E-state index in [9.17, 15) is 16.8 Å². The Morgan fingerprint density at radius 2 is 1.81 bits per heavy atom. The van der Waals surface area contributed by atoms with Gasteiger partial charge in [-0.25, -0.2) is 31.1 Å². The maximum Gasteiger partial charge on any atom is 0.281 e. The molecule has 0 bridgehead atoms. The molecule has 1 aromatic carbocycles. The number of fused-ring (bicyclic) bond motifs is 1. The van der Waals surface area contributed by atoms with Crippen LogP contribution in [0.15, 0.2) is 41.7 Å². The van der Waals surface area contributed by atoms with Crippen LogP contribution in [0.2, 0.25) is 0 Å². The van der Waals surface area contributed by atoms with Gasteiger partial charge in [0.2, 0.25) is 10.0 Å². The highest BCUT2D eigenvalue weighted by Gasteiger charge is 2.20. The molecule has 0 saturated heterocycles. The summed E-state index contributed by atoms with van der Waals surface area (Å²) in [5.41, 5.74) is 2.89. The van der Waals surface area contributed by atoms with Crippen molar-refractivity contribution >= 4 is 31.3 Å². The van der Waals surface area contributed by atoms with E-state index in [0.29, 0.717) is 22.5 Å². The molecule has 0 fully saturated rings. The summed E-state index contributed by atoms with van der Waals surface area (Å²) in [7, 11) is -6.04. The summed E-state index contributed by atoms with van der Waals surface area (Å²) < 4.78 is 53.4. The molecule has 0 aliphatic rings. The van der Waals surface area contributed by atoms with Crippen molar-refractivity contribution in [3.8, 4) is 11.3 Å². The first-order valence-electron chi connectivity index (χ1n) is 7.48. The number of sulfonamides is 2. The summed E-state index contributed by atoms with van der Waals surface area (Å²) in [6.45, 7) is 1.83. The number of benzene rings is 1. The highest BCUT2D eigenvalue weighted by molar-refractivity contribution is 7.92. The molecule has 0 radical (unpaired) electrons. The van der Waals surface area contributed by atoms with Crippen LogP contribution >= 0.6 is 0 Å². The Balaban J connectivity index is 2.30. The summed E-state index contributed by atoms with van der Waals surface area (Å²) in [5.74, 6) is 0. The molecular formula is C15H17N5O4S2. The topological polar surface area (TPSA) is 123 Å². The Morgan fingerprint density at radius 1 is 1.12 bits per heavy atom. The largest absolute Gasteiger partial charge is 0.283 e. The number of aromatic nitrogens is 3. The van der Waals surface area contributed by atoms with Gasteiger partial charge in [0.15, 0.2) is 0 Å². The van der Waals surface area contributed by atoms with Gasteiger partial charge in [-0.2, -0.15) is 0 Å². The molecular weight excluding hydrogens is 378 g/mol. The summed E-state index contributed by atoms with van der Waals surface area (Å²) in [6, 6.07) is 8.61. The second-order valence-corrected chi connectivity index (χ2v) is 9.21. The molecule has 0 amide bonds. The van der Waals surface area contributed by atoms with Crippen molar-refractivity contribution in [3.05, 3.63) is 42.1 Å². The lowest BCUT2D eigenvalue weighted by Crippen LogP contribution is -2.22. The first-order valence-corrected chi connectivity index (χ1v) is 10.9. The van der Waals surface area contributed by atoms with Crippen LogP contribution in [0.4, 0.5) is 5.69 Å². The molecule has 11 heteroatoms. The third-order valence-electron chi connectivity index (χ3n) is 3.67. The lowest BCUT2D eigenvalue weighted by Gasteiger charge is -2.12. The van der Waals surface area contributed by atoms with E-state index in [4.69, 9.17) is 0 Å². The third kappa shape index (κ3) is 3.41. The van der Waals surface area contributed by atoms with Crippen LogP contribution in [0.25, 0.3) is 16.8 Å². The van der Waals surface area contributed by atoms with Gasteiger partial charge in [-0.3, -0.25) is 4.72 Å². The van der Waals surface area contributed by atoms with E-state index in [1.807, 2.05) is 6.92 Å². The molecule has 0 unspecified atom stereocenters. The van der Waals surface area contributed by atoms with Gasteiger partial charge in [-0.1, -0.05) is 18.2 Å². The predicted molar refractivity (Wildman–Crippen MR) is 97.9 cm³/mol. The minimum atomic E-state index is -3.82. The van der Waals surface area contributed by atoms with Crippen molar-refractivity contribution < 1.29 is 16.8 Å².